The van der Waals surface area contributed by atoms with Gasteiger partial charge in [0.15, 0.2) is 0 Å². The first-order valence-corrected chi connectivity index (χ1v) is 5.58. The van der Waals surface area contributed by atoms with E-state index in [1.807, 2.05) is 31.7 Å². The molecule has 1 heterocycles. The summed E-state index contributed by atoms with van der Waals surface area (Å²) in [5, 5.41) is 0. The molecule has 0 N–H and O–H groups in total. The second kappa shape index (κ2) is 4.79. The number of piperazine rings is 1. The van der Waals surface area contributed by atoms with E-state index in [1.165, 1.54) is 0 Å². The molecule has 0 bridgehead atoms. The third-order valence-electron chi connectivity index (χ3n) is 2.69. The summed E-state index contributed by atoms with van der Waals surface area (Å²) in [6.07, 6.45) is 1.92. The summed E-state index contributed by atoms with van der Waals surface area (Å²) in [5.74, 6) is 0.265. The van der Waals surface area contributed by atoms with Gasteiger partial charge in [-0.3, -0.25) is 9.69 Å². The summed E-state index contributed by atoms with van der Waals surface area (Å²) >= 11 is 0. The Kier molecular flexibility index (Phi) is 3.91. The van der Waals surface area contributed by atoms with Gasteiger partial charge in [0.25, 0.3) is 0 Å². The number of carbonyl (C=O) groups is 1. The first-order chi connectivity index (χ1) is 6.95. The average molecular weight is 210 g/mol. The minimum absolute atomic E-state index is 0.249. The Morgan fingerprint density at radius 1 is 1.27 bits per heavy atom. The van der Waals surface area contributed by atoms with E-state index in [9.17, 15) is 4.79 Å². The Morgan fingerprint density at radius 3 is 2.20 bits per heavy atom. The van der Waals surface area contributed by atoms with Crippen LogP contribution in [0.15, 0.2) is 12.7 Å². The fourth-order valence-corrected chi connectivity index (χ4v) is 1.79. The van der Waals surface area contributed by atoms with E-state index in [0.717, 1.165) is 32.7 Å². The second-order valence-electron chi connectivity index (χ2n) is 5.13. The maximum absolute atomic E-state index is 12.0. The van der Waals surface area contributed by atoms with Gasteiger partial charge in [0.1, 0.15) is 0 Å². The SMILES string of the molecule is C=CCN1CCN(C(=O)C(C)(C)C)CC1. The molecule has 1 fully saturated rings. The van der Waals surface area contributed by atoms with Gasteiger partial charge in [-0.05, 0) is 0 Å². The molecule has 3 heteroatoms. The Hall–Kier alpha value is -0.830. The van der Waals surface area contributed by atoms with Crippen LogP contribution in [0.3, 0.4) is 0 Å². The van der Waals surface area contributed by atoms with Gasteiger partial charge in [-0.1, -0.05) is 26.8 Å². The molecule has 1 saturated heterocycles. The predicted molar refractivity (Wildman–Crippen MR) is 62.7 cm³/mol. The highest BCUT2D eigenvalue weighted by molar-refractivity contribution is 5.81. The zero-order chi connectivity index (χ0) is 11.5. The first kappa shape index (κ1) is 12.2. The van der Waals surface area contributed by atoms with Crippen LogP contribution >= 0.6 is 0 Å². The molecule has 3 nitrogen and oxygen atoms in total. The Morgan fingerprint density at radius 2 is 1.80 bits per heavy atom. The van der Waals surface area contributed by atoms with Crippen LogP contribution in [-0.4, -0.2) is 48.4 Å². The number of hydrogen-bond donors (Lipinski definition) is 0. The minimum atomic E-state index is -0.249. The van der Waals surface area contributed by atoms with Crippen molar-refractivity contribution in [3.05, 3.63) is 12.7 Å². The standard InChI is InChI=1S/C12H22N2O/c1-5-6-13-7-9-14(10-8-13)11(15)12(2,3)4/h5H,1,6-10H2,2-4H3. The Labute approximate surface area is 92.7 Å². The Bertz CT molecular complexity index is 234. The lowest BCUT2D eigenvalue weighted by molar-refractivity contribution is -0.141. The van der Waals surface area contributed by atoms with Crippen molar-refractivity contribution >= 4 is 5.91 Å². The van der Waals surface area contributed by atoms with Crippen LogP contribution in [-0.2, 0) is 4.79 Å². The lowest BCUT2D eigenvalue weighted by Gasteiger charge is -2.37. The number of hydrogen-bond acceptors (Lipinski definition) is 2. The lowest BCUT2D eigenvalue weighted by atomic mass is 9.94. The molecule has 0 radical (unpaired) electrons. The van der Waals surface area contributed by atoms with Gasteiger partial charge >= 0.3 is 0 Å². The smallest absolute Gasteiger partial charge is 0.228 e. The van der Waals surface area contributed by atoms with E-state index in [-0.39, 0.29) is 11.3 Å². The molecule has 1 amide bonds. The van der Waals surface area contributed by atoms with Crippen LogP contribution in [0.4, 0.5) is 0 Å². The molecule has 86 valence electrons. The van der Waals surface area contributed by atoms with Crippen molar-refractivity contribution < 1.29 is 4.79 Å². The van der Waals surface area contributed by atoms with Crippen molar-refractivity contribution in [2.45, 2.75) is 20.8 Å². The van der Waals surface area contributed by atoms with E-state index in [4.69, 9.17) is 0 Å². The van der Waals surface area contributed by atoms with E-state index < -0.39 is 0 Å². The fraction of sp³-hybridized carbons (Fsp3) is 0.750. The third-order valence-corrected chi connectivity index (χ3v) is 2.69. The van der Waals surface area contributed by atoms with E-state index in [0.29, 0.717) is 0 Å². The van der Waals surface area contributed by atoms with Gasteiger partial charge < -0.3 is 4.90 Å². The van der Waals surface area contributed by atoms with Crippen molar-refractivity contribution in [2.24, 2.45) is 5.41 Å². The van der Waals surface area contributed by atoms with Gasteiger partial charge in [-0.15, -0.1) is 6.58 Å². The van der Waals surface area contributed by atoms with Gasteiger partial charge in [0.2, 0.25) is 5.91 Å². The van der Waals surface area contributed by atoms with Crippen LogP contribution in [0.25, 0.3) is 0 Å². The molecule has 0 aliphatic carbocycles. The monoisotopic (exact) mass is 210 g/mol. The molecule has 0 aromatic carbocycles. The van der Waals surface area contributed by atoms with Gasteiger partial charge in [-0.25, -0.2) is 0 Å². The molecule has 0 saturated carbocycles. The maximum atomic E-state index is 12.0. The maximum Gasteiger partial charge on any atom is 0.228 e. The van der Waals surface area contributed by atoms with Gasteiger partial charge in [0, 0.05) is 38.1 Å². The first-order valence-electron chi connectivity index (χ1n) is 5.58. The normalized spacial score (nSPS) is 19.0. The van der Waals surface area contributed by atoms with Crippen LogP contribution < -0.4 is 0 Å². The van der Waals surface area contributed by atoms with E-state index >= 15 is 0 Å². The minimum Gasteiger partial charge on any atom is -0.340 e. The van der Waals surface area contributed by atoms with Crippen LogP contribution in [0.1, 0.15) is 20.8 Å². The summed E-state index contributed by atoms with van der Waals surface area (Å²) in [7, 11) is 0. The third kappa shape index (κ3) is 3.34. The summed E-state index contributed by atoms with van der Waals surface area (Å²) in [6.45, 7) is 14.2. The van der Waals surface area contributed by atoms with Gasteiger partial charge in [-0.2, -0.15) is 0 Å². The van der Waals surface area contributed by atoms with Crippen molar-refractivity contribution in [1.29, 1.82) is 0 Å². The lowest BCUT2D eigenvalue weighted by Crippen LogP contribution is -2.51. The molecular formula is C12H22N2O. The number of rotatable bonds is 2. The highest BCUT2D eigenvalue weighted by Crippen LogP contribution is 2.18. The average Bonchev–Trinajstić information content (AvgIpc) is 2.17. The second-order valence-corrected chi connectivity index (χ2v) is 5.13. The zero-order valence-corrected chi connectivity index (χ0v) is 10.1. The van der Waals surface area contributed by atoms with Crippen LogP contribution in [0, 0.1) is 5.41 Å². The quantitative estimate of drug-likeness (QED) is 0.643. The molecule has 0 unspecified atom stereocenters. The summed E-state index contributed by atoms with van der Waals surface area (Å²) in [6, 6.07) is 0. The molecule has 0 aromatic heterocycles. The summed E-state index contributed by atoms with van der Waals surface area (Å²) in [5.41, 5.74) is -0.249. The van der Waals surface area contributed by atoms with Crippen LogP contribution in [0.2, 0.25) is 0 Å². The van der Waals surface area contributed by atoms with Gasteiger partial charge in [0.05, 0.1) is 0 Å². The largest absolute Gasteiger partial charge is 0.340 e. The summed E-state index contributed by atoms with van der Waals surface area (Å²) < 4.78 is 0. The molecule has 0 spiro atoms. The molecule has 15 heavy (non-hydrogen) atoms. The topological polar surface area (TPSA) is 23.6 Å². The molecule has 0 aromatic rings. The van der Waals surface area contributed by atoms with Crippen LogP contribution in [0.5, 0.6) is 0 Å². The molecule has 1 aliphatic heterocycles. The molecule has 0 atom stereocenters. The highest BCUT2D eigenvalue weighted by atomic mass is 16.2. The number of amides is 1. The Balaban J connectivity index is 2.44. The molecule has 1 aliphatic rings. The fourth-order valence-electron chi connectivity index (χ4n) is 1.79. The zero-order valence-electron chi connectivity index (χ0n) is 10.1. The van der Waals surface area contributed by atoms with E-state index in [2.05, 4.69) is 11.5 Å². The number of nitrogens with zero attached hydrogens (tertiary/aromatic N) is 2. The highest BCUT2D eigenvalue weighted by Gasteiger charge is 2.29. The van der Waals surface area contributed by atoms with Crippen molar-refractivity contribution in [2.75, 3.05) is 32.7 Å². The van der Waals surface area contributed by atoms with Crippen molar-refractivity contribution in [3.63, 3.8) is 0 Å². The van der Waals surface area contributed by atoms with Crippen molar-refractivity contribution in [3.8, 4) is 0 Å². The van der Waals surface area contributed by atoms with Crippen molar-refractivity contribution in [1.82, 2.24) is 9.80 Å². The predicted octanol–water partition coefficient (Wildman–Crippen LogP) is 1.36. The molecule has 1 rings (SSSR count). The molecular weight excluding hydrogens is 188 g/mol. The van der Waals surface area contributed by atoms with E-state index in [1.54, 1.807) is 0 Å². The summed E-state index contributed by atoms with van der Waals surface area (Å²) in [4.78, 5) is 16.3. The number of carbonyl (C=O) groups excluding carboxylic acids is 1.